The van der Waals surface area contributed by atoms with E-state index >= 15 is 0 Å². The summed E-state index contributed by atoms with van der Waals surface area (Å²) in [6.45, 7) is -0.701. The lowest BCUT2D eigenvalue weighted by atomic mass is 10.1. The first-order valence-electron chi connectivity index (χ1n) is 4.45. The van der Waals surface area contributed by atoms with Crippen LogP contribution in [-0.2, 0) is 9.84 Å². The van der Waals surface area contributed by atoms with Crippen LogP contribution in [0.1, 0.15) is 10.4 Å². The summed E-state index contributed by atoms with van der Waals surface area (Å²) in [4.78, 5) is 11.8. The molecule has 0 spiro atoms. The van der Waals surface area contributed by atoms with Crippen LogP contribution >= 0.6 is 15.9 Å². The summed E-state index contributed by atoms with van der Waals surface area (Å²) in [6, 6.07) is 6.31. The molecule has 0 aliphatic heterocycles. The molecule has 1 N–H and O–H groups in total. The summed E-state index contributed by atoms with van der Waals surface area (Å²) < 4.78 is 23.3. The van der Waals surface area contributed by atoms with Gasteiger partial charge in [-0.25, -0.2) is 8.42 Å². The smallest absolute Gasteiger partial charge is 0.183 e. The molecular formula is C10H11BrO4S. The lowest BCUT2D eigenvalue weighted by Crippen LogP contribution is -2.33. The number of aliphatic hydroxyl groups excluding tert-OH is 1. The van der Waals surface area contributed by atoms with Crippen molar-refractivity contribution in [3.05, 3.63) is 34.3 Å². The molecule has 1 aromatic rings. The maximum atomic E-state index is 11.8. The van der Waals surface area contributed by atoms with Gasteiger partial charge in [-0.1, -0.05) is 28.1 Å². The number of carbonyl (C=O) groups is 1. The van der Waals surface area contributed by atoms with Gasteiger partial charge >= 0.3 is 0 Å². The molecule has 0 amide bonds. The summed E-state index contributed by atoms with van der Waals surface area (Å²) in [5.41, 5.74) is 0.271. The number of benzene rings is 1. The van der Waals surface area contributed by atoms with E-state index < -0.39 is 27.5 Å². The quantitative estimate of drug-likeness (QED) is 0.844. The maximum absolute atomic E-state index is 11.8. The van der Waals surface area contributed by atoms with E-state index in [0.717, 1.165) is 10.7 Å². The minimum Gasteiger partial charge on any atom is -0.395 e. The fourth-order valence-electron chi connectivity index (χ4n) is 1.21. The highest BCUT2D eigenvalue weighted by Gasteiger charge is 2.28. The van der Waals surface area contributed by atoms with Crippen LogP contribution in [0.25, 0.3) is 0 Å². The third kappa shape index (κ3) is 3.13. The Hall–Kier alpha value is -0.720. The fourth-order valence-corrected chi connectivity index (χ4v) is 2.27. The average Bonchev–Trinajstić information content (AvgIpc) is 2.17. The highest BCUT2D eigenvalue weighted by Crippen LogP contribution is 2.14. The van der Waals surface area contributed by atoms with Crippen molar-refractivity contribution in [2.45, 2.75) is 5.25 Å². The van der Waals surface area contributed by atoms with Crippen LogP contribution in [0.4, 0.5) is 0 Å². The van der Waals surface area contributed by atoms with E-state index in [1.54, 1.807) is 12.1 Å². The van der Waals surface area contributed by atoms with Crippen molar-refractivity contribution in [3.63, 3.8) is 0 Å². The normalized spacial score (nSPS) is 13.4. The second-order valence-corrected chi connectivity index (χ2v) is 6.52. The second-order valence-electron chi connectivity index (χ2n) is 3.37. The molecule has 1 rings (SSSR count). The first kappa shape index (κ1) is 13.3. The number of hydrogen-bond acceptors (Lipinski definition) is 4. The molecule has 0 saturated carbocycles. The Balaban J connectivity index is 3.06. The van der Waals surface area contributed by atoms with E-state index in [1.807, 2.05) is 0 Å². The van der Waals surface area contributed by atoms with Crippen molar-refractivity contribution >= 4 is 31.6 Å². The zero-order valence-corrected chi connectivity index (χ0v) is 11.0. The molecule has 88 valence electrons. The van der Waals surface area contributed by atoms with Crippen molar-refractivity contribution in [1.29, 1.82) is 0 Å². The van der Waals surface area contributed by atoms with E-state index in [4.69, 9.17) is 5.11 Å². The van der Waals surface area contributed by atoms with Gasteiger partial charge in [0, 0.05) is 16.3 Å². The van der Waals surface area contributed by atoms with Gasteiger partial charge in [0.15, 0.2) is 15.6 Å². The first-order valence-corrected chi connectivity index (χ1v) is 7.20. The van der Waals surface area contributed by atoms with Crippen molar-refractivity contribution in [2.24, 2.45) is 0 Å². The lowest BCUT2D eigenvalue weighted by molar-refractivity contribution is 0.0962. The van der Waals surface area contributed by atoms with Gasteiger partial charge in [0.25, 0.3) is 0 Å². The molecule has 0 bridgehead atoms. The van der Waals surface area contributed by atoms with Gasteiger partial charge in [-0.3, -0.25) is 4.79 Å². The molecule has 0 saturated heterocycles. The topological polar surface area (TPSA) is 71.4 Å². The number of halogens is 1. The van der Waals surface area contributed by atoms with Crippen molar-refractivity contribution < 1.29 is 18.3 Å². The third-order valence-corrected chi connectivity index (χ3v) is 4.03. The molecule has 6 heteroatoms. The van der Waals surface area contributed by atoms with Crippen LogP contribution in [0, 0.1) is 0 Å². The summed E-state index contributed by atoms with van der Waals surface area (Å²) in [5.74, 6) is -0.586. The number of rotatable bonds is 4. The number of hydrogen-bond donors (Lipinski definition) is 1. The predicted octanol–water partition coefficient (Wildman–Crippen LogP) is 1.04. The number of aliphatic hydroxyl groups is 1. The zero-order valence-electron chi connectivity index (χ0n) is 8.55. The molecular weight excluding hydrogens is 296 g/mol. The number of sulfone groups is 1. The van der Waals surface area contributed by atoms with E-state index in [1.165, 1.54) is 12.1 Å². The van der Waals surface area contributed by atoms with E-state index in [9.17, 15) is 13.2 Å². The van der Waals surface area contributed by atoms with Crippen LogP contribution in [-0.4, -0.2) is 37.4 Å². The molecule has 4 nitrogen and oxygen atoms in total. The van der Waals surface area contributed by atoms with E-state index in [2.05, 4.69) is 15.9 Å². The Kier molecular flexibility index (Phi) is 4.23. The maximum Gasteiger partial charge on any atom is 0.183 e. The standard InChI is InChI=1S/C10H11BrO4S/c1-16(14,15)9(6-12)10(13)7-2-4-8(11)5-3-7/h2-5,9,12H,6H2,1H3/t9-/m1/s1. The van der Waals surface area contributed by atoms with Gasteiger partial charge in [-0.15, -0.1) is 0 Å². The Morgan fingerprint density at radius 3 is 2.25 bits per heavy atom. The largest absolute Gasteiger partial charge is 0.395 e. The van der Waals surface area contributed by atoms with Gasteiger partial charge in [-0.05, 0) is 12.1 Å². The summed E-state index contributed by atoms with van der Waals surface area (Å²) in [5, 5.41) is 7.56. The lowest BCUT2D eigenvalue weighted by Gasteiger charge is -2.10. The van der Waals surface area contributed by atoms with Crippen LogP contribution in [0.3, 0.4) is 0 Å². The number of ketones is 1. The van der Waals surface area contributed by atoms with E-state index in [0.29, 0.717) is 0 Å². The number of carbonyl (C=O) groups excluding carboxylic acids is 1. The van der Waals surface area contributed by atoms with Crippen LogP contribution in [0.2, 0.25) is 0 Å². The van der Waals surface area contributed by atoms with Gasteiger partial charge < -0.3 is 5.11 Å². The molecule has 1 atom stereocenters. The van der Waals surface area contributed by atoms with Crippen molar-refractivity contribution in [2.75, 3.05) is 12.9 Å². The average molecular weight is 307 g/mol. The molecule has 1 aromatic carbocycles. The molecule has 0 aliphatic rings. The van der Waals surface area contributed by atoms with Crippen LogP contribution < -0.4 is 0 Å². The van der Waals surface area contributed by atoms with Crippen LogP contribution in [0.5, 0.6) is 0 Å². The highest BCUT2D eigenvalue weighted by molar-refractivity contribution is 9.10. The minimum atomic E-state index is -3.58. The predicted molar refractivity (Wildman–Crippen MR) is 64.2 cm³/mol. The SMILES string of the molecule is CS(=O)(=O)[C@H](CO)C(=O)c1ccc(Br)cc1. The molecule has 0 aliphatic carbocycles. The second kappa shape index (κ2) is 5.07. The molecule has 16 heavy (non-hydrogen) atoms. The fraction of sp³-hybridized carbons (Fsp3) is 0.300. The zero-order chi connectivity index (χ0) is 12.3. The van der Waals surface area contributed by atoms with Crippen molar-refractivity contribution in [3.8, 4) is 0 Å². The van der Waals surface area contributed by atoms with Crippen molar-refractivity contribution in [1.82, 2.24) is 0 Å². The monoisotopic (exact) mass is 306 g/mol. The summed E-state index contributed by atoms with van der Waals surface area (Å²) in [7, 11) is -3.58. The Morgan fingerprint density at radius 1 is 1.38 bits per heavy atom. The van der Waals surface area contributed by atoms with Crippen LogP contribution in [0.15, 0.2) is 28.7 Å². The summed E-state index contributed by atoms with van der Waals surface area (Å²) >= 11 is 3.21. The number of Topliss-reactive ketones (excluding diaryl/α,β-unsaturated/α-hetero) is 1. The van der Waals surface area contributed by atoms with Gasteiger partial charge in [-0.2, -0.15) is 0 Å². The molecule has 0 radical (unpaired) electrons. The highest BCUT2D eigenvalue weighted by atomic mass is 79.9. The summed E-state index contributed by atoms with van der Waals surface area (Å²) in [6.07, 6.45) is 0.935. The van der Waals surface area contributed by atoms with Gasteiger partial charge in [0.1, 0.15) is 5.25 Å². The molecule has 0 unspecified atom stereocenters. The molecule has 0 aromatic heterocycles. The third-order valence-electron chi connectivity index (χ3n) is 2.10. The molecule has 0 heterocycles. The van der Waals surface area contributed by atoms with Gasteiger partial charge in [0.2, 0.25) is 0 Å². The van der Waals surface area contributed by atoms with Gasteiger partial charge in [0.05, 0.1) is 6.61 Å². The Bertz CT molecular complexity index is 478. The molecule has 0 fully saturated rings. The van der Waals surface area contributed by atoms with E-state index in [-0.39, 0.29) is 5.56 Å². The first-order chi connectivity index (χ1) is 7.36. The Labute approximate surface area is 102 Å². The Morgan fingerprint density at radius 2 is 1.88 bits per heavy atom. The minimum absolute atomic E-state index is 0.271.